The second kappa shape index (κ2) is 4.17. The maximum atomic E-state index is 3.48. The van der Waals surface area contributed by atoms with E-state index in [1.807, 2.05) is 0 Å². The topological polar surface area (TPSA) is 3.24 Å². The third kappa shape index (κ3) is 2.18. The summed E-state index contributed by atoms with van der Waals surface area (Å²) < 4.78 is 2.51. The molecular weight excluding hydrogens is 341 g/mol. The van der Waals surface area contributed by atoms with E-state index in [1.54, 1.807) is 0 Å². The average molecular weight is 352 g/mol. The zero-order valence-corrected chi connectivity index (χ0v) is 11.0. The fourth-order valence-corrected chi connectivity index (χ4v) is 3.34. The SMILES string of the molecule is Brc1ccc(N2CCCC2)c(I)c1. The summed E-state index contributed by atoms with van der Waals surface area (Å²) >= 11 is 5.89. The van der Waals surface area contributed by atoms with Crippen molar-refractivity contribution < 1.29 is 0 Å². The maximum absolute atomic E-state index is 3.48. The van der Waals surface area contributed by atoms with Crippen LogP contribution in [0, 0.1) is 3.57 Å². The van der Waals surface area contributed by atoms with E-state index in [0.29, 0.717) is 0 Å². The zero-order chi connectivity index (χ0) is 9.26. The average Bonchev–Trinajstić information content (AvgIpc) is 2.56. The Bertz CT molecular complexity index is 308. The third-order valence-electron chi connectivity index (χ3n) is 2.36. The van der Waals surface area contributed by atoms with Gasteiger partial charge in [-0.1, -0.05) is 15.9 Å². The second-order valence-electron chi connectivity index (χ2n) is 3.29. The number of rotatable bonds is 1. The summed E-state index contributed by atoms with van der Waals surface area (Å²) in [5.74, 6) is 0. The van der Waals surface area contributed by atoms with Gasteiger partial charge in [0.2, 0.25) is 0 Å². The van der Waals surface area contributed by atoms with Crippen LogP contribution in [0.25, 0.3) is 0 Å². The second-order valence-corrected chi connectivity index (χ2v) is 5.37. The van der Waals surface area contributed by atoms with Crippen molar-refractivity contribution in [2.24, 2.45) is 0 Å². The number of anilines is 1. The van der Waals surface area contributed by atoms with Crippen molar-refractivity contribution in [1.82, 2.24) is 0 Å². The van der Waals surface area contributed by atoms with Gasteiger partial charge in [-0.25, -0.2) is 0 Å². The molecule has 1 aliphatic heterocycles. The summed E-state index contributed by atoms with van der Waals surface area (Å²) in [7, 11) is 0. The number of hydrogen-bond acceptors (Lipinski definition) is 1. The standard InChI is InChI=1S/C10H11BrIN/c11-8-3-4-10(9(12)7-8)13-5-1-2-6-13/h3-4,7H,1-2,5-6H2. The molecule has 1 aromatic carbocycles. The summed E-state index contributed by atoms with van der Waals surface area (Å²) in [5, 5.41) is 0. The van der Waals surface area contributed by atoms with E-state index in [2.05, 4.69) is 61.6 Å². The van der Waals surface area contributed by atoms with Gasteiger partial charge in [-0.2, -0.15) is 0 Å². The maximum Gasteiger partial charge on any atom is 0.0502 e. The number of nitrogens with zero attached hydrogens (tertiary/aromatic N) is 1. The van der Waals surface area contributed by atoms with E-state index >= 15 is 0 Å². The Morgan fingerprint density at radius 2 is 1.92 bits per heavy atom. The lowest BCUT2D eigenvalue weighted by molar-refractivity contribution is 0.949. The van der Waals surface area contributed by atoms with Gasteiger partial charge in [0.15, 0.2) is 0 Å². The third-order valence-corrected chi connectivity index (χ3v) is 3.71. The predicted octanol–water partition coefficient (Wildman–Crippen LogP) is 3.65. The quantitative estimate of drug-likeness (QED) is 0.698. The lowest BCUT2D eigenvalue weighted by atomic mass is 10.3. The Morgan fingerprint density at radius 1 is 1.23 bits per heavy atom. The Labute approximate surface area is 101 Å². The fraction of sp³-hybridized carbons (Fsp3) is 0.400. The highest BCUT2D eigenvalue weighted by atomic mass is 127. The molecule has 0 N–H and O–H groups in total. The predicted molar refractivity (Wildman–Crippen MR) is 68.3 cm³/mol. The van der Waals surface area contributed by atoms with Crippen LogP contribution in [0.5, 0.6) is 0 Å². The van der Waals surface area contributed by atoms with Gasteiger partial charge in [-0.3, -0.25) is 0 Å². The molecule has 0 aromatic heterocycles. The van der Waals surface area contributed by atoms with Crippen molar-refractivity contribution in [1.29, 1.82) is 0 Å². The van der Waals surface area contributed by atoms with Crippen molar-refractivity contribution in [2.45, 2.75) is 12.8 Å². The van der Waals surface area contributed by atoms with Crippen LogP contribution in [0.15, 0.2) is 22.7 Å². The molecule has 70 valence electrons. The molecule has 1 saturated heterocycles. The van der Waals surface area contributed by atoms with Crippen LogP contribution in [0.2, 0.25) is 0 Å². The molecule has 0 atom stereocenters. The van der Waals surface area contributed by atoms with Gasteiger partial charge in [0, 0.05) is 21.1 Å². The normalized spacial score (nSPS) is 16.6. The first-order valence-electron chi connectivity index (χ1n) is 4.47. The van der Waals surface area contributed by atoms with Crippen molar-refractivity contribution in [3.63, 3.8) is 0 Å². The molecule has 1 fully saturated rings. The highest BCUT2D eigenvalue weighted by molar-refractivity contribution is 14.1. The Balaban J connectivity index is 2.29. The highest BCUT2D eigenvalue weighted by Gasteiger charge is 2.14. The van der Waals surface area contributed by atoms with Gasteiger partial charge in [-0.15, -0.1) is 0 Å². The summed E-state index contributed by atoms with van der Waals surface area (Å²) in [6, 6.07) is 6.50. The van der Waals surface area contributed by atoms with Crippen molar-refractivity contribution in [3.05, 3.63) is 26.2 Å². The Morgan fingerprint density at radius 3 is 2.54 bits per heavy atom. The van der Waals surface area contributed by atoms with E-state index in [9.17, 15) is 0 Å². The minimum Gasteiger partial charge on any atom is -0.371 e. The van der Waals surface area contributed by atoms with E-state index in [0.717, 1.165) is 0 Å². The molecule has 0 unspecified atom stereocenters. The highest BCUT2D eigenvalue weighted by Crippen LogP contribution is 2.28. The first kappa shape index (κ1) is 9.77. The van der Waals surface area contributed by atoms with Gasteiger partial charge in [0.05, 0.1) is 5.69 Å². The first-order valence-corrected chi connectivity index (χ1v) is 6.34. The zero-order valence-electron chi connectivity index (χ0n) is 7.26. The number of halogens is 2. The lowest BCUT2D eigenvalue weighted by Crippen LogP contribution is -2.18. The van der Waals surface area contributed by atoms with Crippen LogP contribution >= 0.6 is 38.5 Å². The molecule has 13 heavy (non-hydrogen) atoms. The summed E-state index contributed by atoms with van der Waals surface area (Å²) in [4.78, 5) is 2.47. The van der Waals surface area contributed by atoms with E-state index in [1.165, 1.54) is 39.7 Å². The molecule has 0 saturated carbocycles. The van der Waals surface area contributed by atoms with Gasteiger partial charge in [0.25, 0.3) is 0 Å². The molecule has 1 nitrogen and oxygen atoms in total. The molecule has 2 rings (SSSR count). The minimum absolute atomic E-state index is 1.17. The van der Waals surface area contributed by atoms with Crippen molar-refractivity contribution in [3.8, 4) is 0 Å². The molecule has 0 radical (unpaired) electrons. The van der Waals surface area contributed by atoms with E-state index in [4.69, 9.17) is 0 Å². The molecule has 1 aromatic rings. The number of hydrogen-bond donors (Lipinski definition) is 0. The smallest absolute Gasteiger partial charge is 0.0502 e. The molecule has 0 bridgehead atoms. The van der Waals surface area contributed by atoms with Crippen LogP contribution in [0.4, 0.5) is 5.69 Å². The monoisotopic (exact) mass is 351 g/mol. The Hall–Kier alpha value is 0.230. The van der Waals surface area contributed by atoms with Crippen LogP contribution in [-0.2, 0) is 0 Å². The van der Waals surface area contributed by atoms with Crippen LogP contribution in [0.1, 0.15) is 12.8 Å². The summed E-state index contributed by atoms with van der Waals surface area (Å²) in [6.45, 7) is 2.44. The van der Waals surface area contributed by atoms with E-state index in [-0.39, 0.29) is 0 Å². The minimum atomic E-state index is 1.17. The van der Waals surface area contributed by atoms with E-state index < -0.39 is 0 Å². The molecule has 1 aliphatic rings. The van der Waals surface area contributed by atoms with Gasteiger partial charge >= 0.3 is 0 Å². The summed E-state index contributed by atoms with van der Waals surface area (Å²) in [6.07, 6.45) is 2.68. The first-order chi connectivity index (χ1) is 6.27. The van der Waals surface area contributed by atoms with Crippen LogP contribution in [0.3, 0.4) is 0 Å². The lowest BCUT2D eigenvalue weighted by Gasteiger charge is -2.19. The largest absolute Gasteiger partial charge is 0.371 e. The molecule has 0 aliphatic carbocycles. The molecule has 3 heteroatoms. The molecular formula is C10H11BrIN. The molecule has 0 amide bonds. The van der Waals surface area contributed by atoms with Gasteiger partial charge in [0.1, 0.15) is 0 Å². The van der Waals surface area contributed by atoms with Crippen molar-refractivity contribution in [2.75, 3.05) is 18.0 Å². The molecule has 0 spiro atoms. The van der Waals surface area contributed by atoms with Crippen molar-refractivity contribution >= 4 is 44.2 Å². The fourth-order valence-electron chi connectivity index (χ4n) is 1.70. The van der Waals surface area contributed by atoms with Crippen LogP contribution in [-0.4, -0.2) is 13.1 Å². The van der Waals surface area contributed by atoms with Crippen LogP contribution < -0.4 is 4.90 Å². The number of benzene rings is 1. The van der Waals surface area contributed by atoms with Gasteiger partial charge < -0.3 is 4.90 Å². The molecule has 1 heterocycles. The van der Waals surface area contributed by atoms with Gasteiger partial charge in [-0.05, 0) is 53.6 Å². The Kier molecular flexibility index (Phi) is 3.14. The summed E-state index contributed by atoms with van der Waals surface area (Å²) in [5.41, 5.74) is 1.39.